The van der Waals surface area contributed by atoms with Gasteiger partial charge in [0.15, 0.2) is 5.69 Å². The third-order valence-corrected chi connectivity index (χ3v) is 2.43. The van der Waals surface area contributed by atoms with E-state index in [1.54, 1.807) is 10.8 Å². The van der Waals surface area contributed by atoms with E-state index in [0.717, 1.165) is 0 Å². The smallest absolute Gasteiger partial charge is 0.158 e. The van der Waals surface area contributed by atoms with Gasteiger partial charge in [0.25, 0.3) is 0 Å². The fourth-order valence-electron chi connectivity index (χ4n) is 1.62. The number of aliphatic hydroxyl groups is 2. The molecule has 0 bridgehead atoms. The van der Waals surface area contributed by atoms with E-state index < -0.39 is 12.2 Å². The molecule has 6 heteroatoms. The maximum absolute atomic E-state index is 9.50. The maximum atomic E-state index is 9.50. The fraction of sp³-hybridized carbons (Fsp3) is 0.556. The van der Waals surface area contributed by atoms with Crippen LogP contribution in [0.4, 0.5) is 0 Å². The van der Waals surface area contributed by atoms with E-state index in [9.17, 15) is 5.11 Å². The lowest BCUT2D eigenvalue weighted by molar-refractivity contribution is -0.0443. The molecule has 0 unspecified atom stereocenters. The third-order valence-electron chi connectivity index (χ3n) is 2.43. The second-order valence-corrected chi connectivity index (χ2v) is 3.43. The van der Waals surface area contributed by atoms with Gasteiger partial charge in [-0.15, -0.1) is 0 Å². The predicted molar refractivity (Wildman–Crippen MR) is 48.6 cm³/mol. The summed E-state index contributed by atoms with van der Waals surface area (Å²) in [6, 6.07) is 1.91. The summed E-state index contributed by atoms with van der Waals surface area (Å²) in [5.74, 6) is 0. The molecule has 3 atom stereocenters. The van der Waals surface area contributed by atoms with Crippen molar-refractivity contribution < 1.29 is 14.9 Å². The molecule has 1 saturated heterocycles. The molecule has 1 aromatic rings. The summed E-state index contributed by atoms with van der Waals surface area (Å²) in [5.41, 5.74) is 0.306. The SMILES string of the molecule is N#Cc1cn([C@H]2C[C@H](O)[C@@H](CO)O2)cn1. The molecule has 6 nitrogen and oxygen atoms in total. The lowest BCUT2D eigenvalue weighted by Gasteiger charge is -2.12. The number of nitriles is 1. The van der Waals surface area contributed by atoms with Crippen molar-refractivity contribution in [2.45, 2.75) is 24.9 Å². The number of nitrogens with zero attached hydrogens (tertiary/aromatic N) is 3. The van der Waals surface area contributed by atoms with Gasteiger partial charge >= 0.3 is 0 Å². The lowest BCUT2D eigenvalue weighted by Crippen LogP contribution is -2.24. The zero-order valence-corrected chi connectivity index (χ0v) is 7.95. The number of hydrogen-bond acceptors (Lipinski definition) is 5. The highest BCUT2D eigenvalue weighted by Crippen LogP contribution is 2.28. The molecule has 0 radical (unpaired) electrons. The van der Waals surface area contributed by atoms with Gasteiger partial charge in [0, 0.05) is 12.6 Å². The summed E-state index contributed by atoms with van der Waals surface area (Å²) in [7, 11) is 0. The van der Waals surface area contributed by atoms with E-state index in [1.165, 1.54) is 6.33 Å². The maximum Gasteiger partial charge on any atom is 0.158 e. The van der Waals surface area contributed by atoms with Gasteiger partial charge in [-0.2, -0.15) is 5.26 Å². The molecule has 2 N–H and O–H groups in total. The average Bonchev–Trinajstić information content (AvgIpc) is 2.83. The van der Waals surface area contributed by atoms with E-state index in [0.29, 0.717) is 12.1 Å². The first-order chi connectivity index (χ1) is 7.24. The molecule has 1 aromatic heterocycles. The molecule has 0 aliphatic carbocycles. The van der Waals surface area contributed by atoms with Crippen LogP contribution in [0, 0.1) is 11.3 Å². The molecule has 1 fully saturated rings. The quantitative estimate of drug-likeness (QED) is 0.678. The van der Waals surface area contributed by atoms with Gasteiger partial charge in [-0.05, 0) is 0 Å². The minimum absolute atomic E-state index is 0.211. The Morgan fingerprint density at radius 2 is 2.53 bits per heavy atom. The number of aliphatic hydroxyl groups excluding tert-OH is 2. The number of ether oxygens (including phenoxy) is 1. The zero-order valence-electron chi connectivity index (χ0n) is 7.95. The summed E-state index contributed by atoms with van der Waals surface area (Å²) in [5, 5.41) is 27.0. The van der Waals surface area contributed by atoms with Crippen LogP contribution in [0.3, 0.4) is 0 Å². The van der Waals surface area contributed by atoms with Crippen molar-refractivity contribution in [2.24, 2.45) is 0 Å². The van der Waals surface area contributed by atoms with E-state index >= 15 is 0 Å². The summed E-state index contributed by atoms with van der Waals surface area (Å²) in [6.45, 7) is -0.211. The largest absolute Gasteiger partial charge is 0.394 e. The topological polar surface area (TPSA) is 91.3 Å². The van der Waals surface area contributed by atoms with E-state index in [-0.39, 0.29) is 12.8 Å². The Balaban J connectivity index is 2.10. The van der Waals surface area contributed by atoms with Crippen molar-refractivity contribution in [1.29, 1.82) is 5.26 Å². The second-order valence-electron chi connectivity index (χ2n) is 3.43. The molecule has 1 aliphatic rings. The van der Waals surface area contributed by atoms with E-state index in [4.69, 9.17) is 15.1 Å². The molecule has 15 heavy (non-hydrogen) atoms. The van der Waals surface area contributed by atoms with Crippen LogP contribution in [0.1, 0.15) is 18.3 Å². The van der Waals surface area contributed by atoms with Crippen LogP contribution >= 0.6 is 0 Å². The Morgan fingerprint density at radius 1 is 1.73 bits per heavy atom. The number of hydrogen-bond donors (Lipinski definition) is 2. The Hall–Kier alpha value is -1.42. The van der Waals surface area contributed by atoms with Gasteiger partial charge in [0.05, 0.1) is 19.0 Å². The molecule has 0 amide bonds. The zero-order chi connectivity index (χ0) is 10.8. The van der Waals surface area contributed by atoms with Crippen LogP contribution in [0.25, 0.3) is 0 Å². The Labute approximate surface area is 86.3 Å². The summed E-state index contributed by atoms with van der Waals surface area (Å²) in [6.07, 6.45) is 1.85. The molecule has 0 spiro atoms. The summed E-state index contributed by atoms with van der Waals surface area (Å²) < 4.78 is 7.00. The van der Waals surface area contributed by atoms with Gasteiger partial charge in [0.1, 0.15) is 18.4 Å². The highest BCUT2D eigenvalue weighted by molar-refractivity contribution is 5.15. The van der Waals surface area contributed by atoms with Crippen LogP contribution in [0.5, 0.6) is 0 Å². The molecule has 0 aromatic carbocycles. The monoisotopic (exact) mass is 209 g/mol. The minimum atomic E-state index is -0.673. The molecular formula is C9H11N3O3. The van der Waals surface area contributed by atoms with Crippen molar-refractivity contribution in [3.05, 3.63) is 18.2 Å². The molecule has 2 heterocycles. The van der Waals surface area contributed by atoms with Crippen LogP contribution in [0.15, 0.2) is 12.5 Å². The normalized spacial score (nSPS) is 30.3. The van der Waals surface area contributed by atoms with Gasteiger partial charge in [0.2, 0.25) is 0 Å². The summed E-state index contributed by atoms with van der Waals surface area (Å²) in [4.78, 5) is 3.83. The Kier molecular flexibility index (Phi) is 2.68. The fourth-order valence-corrected chi connectivity index (χ4v) is 1.62. The molecular weight excluding hydrogens is 198 g/mol. The lowest BCUT2D eigenvalue weighted by atomic mass is 10.2. The van der Waals surface area contributed by atoms with Gasteiger partial charge in [-0.3, -0.25) is 0 Å². The molecule has 0 saturated carbocycles. The van der Waals surface area contributed by atoms with Gasteiger partial charge in [-0.25, -0.2) is 4.98 Å². The minimum Gasteiger partial charge on any atom is -0.394 e. The van der Waals surface area contributed by atoms with Crippen LogP contribution in [-0.2, 0) is 4.74 Å². The van der Waals surface area contributed by atoms with Crippen molar-refractivity contribution in [2.75, 3.05) is 6.61 Å². The summed E-state index contributed by atoms with van der Waals surface area (Å²) >= 11 is 0. The second kappa shape index (κ2) is 3.98. The van der Waals surface area contributed by atoms with Crippen LogP contribution < -0.4 is 0 Å². The average molecular weight is 209 g/mol. The third kappa shape index (κ3) is 1.85. The van der Waals surface area contributed by atoms with Crippen molar-refractivity contribution >= 4 is 0 Å². The highest BCUT2D eigenvalue weighted by atomic mass is 16.5. The first-order valence-corrected chi connectivity index (χ1v) is 4.62. The number of aromatic nitrogens is 2. The number of rotatable bonds is 2. The Morgan fingerprint density at radius 3 is 3.07 bits per heavy atom. The Bertz CT molecular complexity index is 384. The predicted octanol–water partition coefficient (Wildman–Crippen LogP) is -0.605. The number of imidazole rings is 1. The standard InChI is InChI=1S/C9H11N3O3/c10-2-6-3-12(5-11-6)9-1-7(14)8(4-13)15-9/h3,5,7-9,13-14H,1,4H2/t7-,8+,9+/m0/s1. The van der Waals surface area contributed by atoms with Crippen LogP contribution in [-0.4, -0.2) is 38.6 Å². The van der Waals surface area contributed by atoms with E-state index in [1.807, 2.05) is 6.07 Å². The highest BCUT2D eigenvalue weighted by Gasteiger charge is 2.34. The first kappa shape index (κ1) is 10.1. The van der Waals surface area contributed by atoms with Crippen LogP contribution in [0.2, 0.25) is 0 Å². The van der Waals surface area contributed by atoms with Crippen molar-refractivity contribution in [3.8, 4) is 6.07 Å². The molecule has 80 valence electrons. The first-order valence-electron chi connectivity index (χ1n) is 4.62. The van der Waals surface area contributed by atoms with Gasteiger partial charge < -0.3 is 19.5 Å². The van der Waals surface area contributed by atoms with E-state index in [2.05, 4.69) is 4.98 Å². The molecule has 1 aliphatic heterocycles. The van der Waals surface area contributed by atoms with Crippen molar-refractivity contribution in [1.82, 2.24) is 9.55 Å². The molecule has 2 rings (SSSR count). The van der Waals surface area contributed by atoms with Gasteiger partial charge in [-0.1, -0.05) is 0 Å². The van der Waals surface area contributed by atoms with Crippen molar-refractivity contribution in [3.63, 3.8) is 0 Å².